The molecule has 1 atom stereocenters. The molecule has 1 aliphatic rings. The molecule has 1 aromatic carbocycles. The zero-order chi connectivity index (χ0) is 18.6. The van der Waals surface area contributed by atoms with E-state index in [4.69, 9.17) is 11.6 Å². The monoisotopic (exact) mass is 372 g/mol. The third kappa shape index (κ3) is 2.29. The van der Waals surface area contributed by atoms with Gasteiger partial charge in [0.25, 0.3) is 5.56 Å². The molecule has 0 aliphatic carbocycles. The largest absolute Gasteiger partial charge is 0.332 e. The van der Waals surface area contributed by atoms with Crippen LogP contribution in [0, 0.1) is 0 Å². The van der Waals surface area contributed by atoms with Crippen LogP contribution in [0.4, 0.5) is 5.95 Å². The second-order valence-corrected chi connectivity index (χ2v) is 6.75. The van der Waals surface area contributed by atoms with Crippen molar-refractivity contribution in [2.24, 2.45) is 12.1 Å². The first-order valence-corrected chi connectivity index (χ1v) is 8.53. The van der Waals surface area contributed by atoms with Gasteiger partial charge >= 0.3 is 5.69 Å². The summed E-state index contributed by atoms with van der Waals surface area (Å²) in [6.07, 6.45) is 0. The first kappa shape index (κ1) is 16.6. The Labute approximate surface area is 153 Å². The van der Waals surface area contributed by atoms with E-state index in [9.17, 15) is 9.59 Å². The van der Waals surface area contributed by atoms with E-state index in [1.807, 2.05) is 19.9 Å². The third-order valence-corrected chi connectivity index (χ3v) is 5.16. The molecule has 26 heavy (non-hydrogen) atoms. The lowest BCUT2D eigenvalue weighted by Gasteiger charge is -2.21. The lowest BCUT2D eigenvalue weighted by Crippen LogP contribution is -2.40. The highest BCUT2D eigenvalue weighted by Crippen LogP contribution is 2.25. The van der Waals surface area contributed by atoms with Crippen LogP contribution in [0.5, 0.6) is 0 Å². The Bertz CT molecular complexity index is 1190. The Morgan fingerprint density at radius 2 is 2.00 bits per heavy atom. The summed E-state index contributed by atoms with van der Waals surface area (Å²) in [5.41, 5.74) is 4.22. The normalized spacial score (nSPS) is 16.3. The molecule has 0 saturated heterocycles. The molecule has 0 fully saturated rings. The molecule has 2 aromatic heterocycles. The minimum Gasteiger partial charge on any atom is -0.294 e. The summed E-state index contributed by atoms with van der Waals surface area (Å²) in [4.78, 5) is 30.3. The standard InChI is InChI=1S/C17H17ClN6O2/c1-9-10(2)24-13-14(19-16(24)21-20-9)22(3)17(26)23(15(13)25)8-11-6-4-5-7-12(11)18/h4-7,10H,8H2,1-3H3,(H,19,21)/t10-/m1/s1. The first-order chi connectivity index (χ1) is 12.4. The zero-order valence-electron chi connectivity index (χ0n) is 14.5. The van der Waals surface area contributed by atoms with Gasteiger partial charge in [0, 0.05) is 12.1 Å². The molecule has 134 valence electrons. The summed E-state index contributed by atoms with van der Waals surface area (Å²) in [5.74, 6) is 0.445. The van der Waals surface area contributed by atoms with E-state index in [0.717, 1.165) is 5.71 Å². The van der Waals surface area contributed by atoms with Gasteiger partial charge < -0.3 is 0 Å². The number of anilines is 1. The molecule has 3 aromatic rings. The molecule has 0 unspecified atom stereocenters. The minimum absolute atomic E-state index is 0.0938. The number of rotatable bonds is 2. The molecular weight excluding hydrogens is 356 g/mol. The van der Waals surface area contributed by atoms with Crippen molar-refractivity contribution in [2.45, 2.75) is 26.4 Å². The van der Waals surface area contributed by atoms with Crippen LogP contribution in [0.1, 0.15) is 25.5 Å². The second kappa shape index (κ2) is 5.84. The number of imidazole rings is 1. The molecule has 0 saturated carbocycles. The highest BCUT2D eigenvalue weighted by Gasteiger charge is 2.26. The molecule has 4 rings (SSSR count). The van der Waals surface area contributed by atoms with E-state index in [2.05, 4.69) is 15.5 Å². The molecule has 1 N–H and O–H groups in total. The van der Waals surface area contributed by atoms with Crippen LogP contribution < -0.4 is 16.7 Å². The Morgan fingerprint density at radius 3 is 2.73 bits per heavy atom. The fourth-order valence-electron chi connectivity index (χ4n) is 3.15. The number of halogens is 1. The zero-order valence-corrected chi connectivity index (χ0v) is 15.3. The van der Waals surface area contributed by atoms with Crippen LogP contribution in [0.2, 0.25) is 5.02 Å². The van der Waals surface area contributed by atoms with Crippen LogP contribution in [0.15, 0.2) is 39.0 Å². The number of aromatic nitrogens is 4. The van der Waals surface area contributed by atoms with Gasteiger partial charge in [0.05, 0.1) is 18.3 Å². The maximum absolute atomic E-state index is 13.2. The maximum Gasteiger partial charge on any atom is 0.332 e. The predicted molar refractivity (Wildman–Crippen MR) is 101 cm³/mol. The molecule has 0 amide bonds. The van der Waals surface area contributed by atoms with Gasteiger partial charge in [-0.3, -0.25) is 18.5 Å². The smallest absolute Gasteiger partial charge is 0.294 e. The topological polar surface area (TPSA) is 86.2 Å². The van der Waals surface area contributed by atoms with Crippen LogP contribution >= 0.6 is 11.6 Å². The molecule has 0 spiro atoms. The van der Waals surface area contributed by atoms with Gasteiger partial charge in [-0.25, -0.2) is 10.2 Å². The van der Waals surface area contributed by atoms with Crippen molar-refractivity contribution in [3.63, 3.8) is 0 Å². The quantitative estimate of drug-likeness (QED) is 0.745. The average Bonchev–Trinajstić information content (AvgIpc) is 3.02. The molecule has 0 radical (unpaired) electrons. The second-order valence-electron chi connectivity index (χ2n) is 6.34. The number of fused-ring (bicyclic) bond motifs is 3. The van der Waals surface area contributed by atoms with Gasteiger partial charge in [-0.1, -0.05) is 29.8 Å². The van der Waals surface area contributed by atoms with Crippen LogP contribution in [-0.4, -0.2) is 24.4 Å². The van der Waals surface area contributed by atoms with Crippen molar-refractivity contribution >= 4 is 34.4 Å². The molecular formula is C17H17ClN6O2. The van der Waals surface area contributed by atoms with E-state index >= 15 is 0 Å². The number of benzene rings is 1. The van der Waals surface area contributed by atoms with Gasteiger partial charge in [0.15, 0.2) is 11.2 Å². The number of nitrogens with zero attached hydrogens (tertiary/aromatic N) is 5. The number of hydrogen-bond donors (Lipinski definition) is 1. The Kier molecular flexibility index (Phi) is 3.73. The Morgan fingerprint density at radius 1 is 1.27 bits per heavy atom. The number of hydrogen-bond acceptors (Lipinski definition) is 5. The van der Waals surface area contributed by atoms with Crippen molar-refractivity contribution < 1.29 is 0 Å². The van der Waals surface area contributed by atoms with Crippen molar-refractivity contribution in [1.82, 2.24) is 18.7 Å². The molecule has 8 nitrogen and oxygen atoms in total. The SMILES string of the molecule is CC1=NNc2nc3c(c(=O)n(Cc4ccccc4Cl)c(=O)n3C)n2[C@@H]1C. The summed E-state index contributed by atoms with van der Waals surface area (Å²) in [6.45, 7) is 3.90. The van der Waals surface area contributed by atoms with Crippen molar-refractivity contribution in [3.05, 3.63) is 55.7 Å². The summed E-state index contributed by atoms with van der Waals surface area (Å²) >= 11 is 6.21. The van der Waals surface area contributed by atoms with Gasteiger partial charge in [0.2, 0.25) is 5.95 Å². The summed E-state index contributed by atoms with van der Waals surface area (Å²) in [7, 11) is 1.60. The predicted octanol–water partition coefficient (Wildman–Crippen LogP) is 1.96. The number of hydrazone groups is 1. The summed E-state index contributed by atoms with van der Waals surface area (Å²) < 4.78 is 4.34. The molecule has 1 aliphatic heterocycles. The minimum atomic E-state index is -0.442. The number of aryl methyl sites for hydroxylation is 1. The Balaban J connectivity index is 2.01. The van der Waals surface area contributed by atoms with Crippen LogP contribution in [0.3, 0.4) is 0 Å². The van der Waals surface area contributed by atoms with E-state index in [0.29, 0.717) is 27.7 Å². The highest BCUT2D eigenvalue weighted by atomic mass is 35.5. The van der Waals surface area contributed by atoms with Crippen molar-refractivity contribution in [2.75, 3.05) is 5.43 Å². The molecule has 9 heteroatoms. The molecule has 0 bridgehead atoms. The Hall–Kier alpha value is -2.87. The lowest BCUT2D eigenvalue weighted by atomic mass is 10.2. The van der Waals surface area contributed by atoms with Crippen LogP contribution in [-0.2, 0) is 13.6 Å². The summed E-state index contributed by atoms with van der Waals surface area (Å²) in [5, 5.41) is 4.71. The van der Waals surface area contributed by atoms with Crippen LogP contribution in [0.25, 0.3) is 11.2 Å². The fraction of sp³-hybridized carbons (Fsp3) is 0.294. The highest BCUT2D eigenvalue weighted by molar-refractivity contribution is 6.31. The van der Waals surface area contributed by atoms with Crippen molar-refractivity contribution in [3.8, 4) is 0 Å². The van der Waals surface area contributed by atoms with Gasteiger partial charge in [-0.15, -0.1) is 0 Å². The lowest BCUT2D eigenvalue weighted by molar-refractivity contribution is 0.645. The molecule has 3 heterocycles. The van der Waals surface area contributed by atoms with E-state index in [1.165, 1.54) is 9.13 Å². The maximum atomic E-state index is 13.2. The average molecular weight is 373 g/mol. The fourth-order valence-corrected chi connectivity index (χ4v) is 3.35. The van der Waals surface area contributed by atoms with Gasteiger partial charge in [-0.2, -0.15) is 10.1 Å². The van der Waals surface area contributed by atoms with E-state index in [-0.39, 0.29) is 12.6 Å². The van der Waals surface area contributed by atoms with E-state index < -0.39 is 11.2 Å². The number of nitrogens with one attached hydrogen (secondary N) is 1. The van der Waals surface area contributed by atoms with Gasteiger partial charge in [-0.05, 0) is 25.5 Å². The van der Waals surface area contributed by atoms with Gasteiger partial charge in [0.1, 0.15) is 0 Å². The first-order valence-electron chi connectivity index (χ1n) is 8.15. The van der Waals surface area contributed by atoms with E-state index in [1.54, 1.807) is 29.8 Å². The van der Waals surface area contributed by atoms with Crippen molar-refractivity contribution in [1.29, 1.82) is 0 Å². The third-order valence-electron chi connectivity index (χ3n) is 4.79. The summed E-state index contributed by atoms with van der Waals surface area (Å²) in [6, 6.07) is 7.01.